The quantitative estimate of drug-likeness (QED) is 0.889. The number of anilines is 1. The van der Waals surface area contributed by atoms with Crippen LogP contribution in [0.4, 0.5) is 5.69 Å². The third-order valence-electron chi connectivity index (χ3n) is 3.44. The smallest absolute Gasteiger partial charge is 0.0808 e. The highest BCUT2D eigenvalue weighted by molar-refractivity contribution is 5.49. The summed E-state index contributed by atoms with van der Waals surface area (Å²) >= 11 is 0. The Bertz CT molecular complexity index is 419. The number of hydrogen-bond donors (Lipinski definition) is 1. The fourth-order valence-corrected chi connectivity index (χ4v) is 2.93. The first-order valence-corrected chi connectivity index (χ1v) is 6.92. The van der Waals surface area contributed by atoms with Gasteiger partial charge in [-0.25, -0.2) is 0 Å². The zero-order valence-corrected chi connectivity index (χ0v) is 12.6. The molecular weight excluding hydrogens is 238 g/mol. The van der Waals surface area contributed by atoms with E-state index in [0.717, 1.165) is 18.7 Å². The van der Waals surface area contributed by atoms with Crippen molar-refractivity contribution in [2.24, 2.45) is 0 Å². The van der Waals surface area contributed by atoms with Crippen molar-refractivity contribution in [2.45, 2.75) is 51.9 Å². The van der Waals surface area contributed by atoms with Crippen molar-refractivity contribution in [1.29, 1.82) is 0 Å². The van der Waals surface area contributed by atoms with Gasteiger partial charge < -0.3 is 14.7 Å². The third-order valence-corrected chi connectivity index (χ3v) is 3.44. The summed E-state index contributed by atoms with van der Waals surface area (Å²) in [7, 11) is 0. The first kappa shape index (κ1) is 14.4. The summed E-state index contributed by atoms with van der Waals surface area (Å²) in [6.07, 6.45) is -0.411. The lowest BCUT2D eigenvalue weighted by Gasteiger charge is -2.48. The molecule has 1 aromatic rings. The lowest BCUT2D eigenvalue weighted by Crippen LogP contribution is -2.57. The molecule has 1 fully saturated rings. The molecule has 0 unspecified atom stereocenters. The minimum atomic E-state index is -0.411. The lowest BCUT2D eigenvalue weighted by molar-refractivity contribution is -0.133. The van der Waals surface area contributed by atoms with E-state index in [0.29, 0.717) is 0 Å². The van der Waals surface area contributed by atoms with E-state index in [-0.39, 0.29) is 11.2 Å². The highest BCUT2D eigenvalue weighted by Gasteiger charge is 2.38. The van der Waals surface area contributed by atoms with Gasteiger partial charge in [-0.2, -0.15) is 0 Å². The van der Waals surface area contributed by atoms with Crippen molar-refractivity contribution in [3.8, 4) is 0 Å². The maximum Gasteiger partial charge on any atom is 0.0808 e. The molecule has 0 saturated carbocycles. The minimum absolute atomic E-state index is 0.148. The van der Waals surface area contributed by atoms with Crippen LogP contribution in [-0.4, -0.2) is 29.4 Å². The molecule has 1 heterocycles. The molecule has 1 aliphatic rings. The van der Waals surface area contributed by atoms with Crippen molar-refractivity contribution in [1.82, 2.24) is 0 Å². The largest absolute Gasteiger partial charge is 0.389 e. The van der Waals surface area contributed by atoms with Crippen LogP contribution in [0.15, 0.2) is 24.3 Å². The zero-order chi connectivity index (χ0) is 14.3. The maximum absolute atomic E-state index is 9.56. The molecule has 19 heavy (non-hydrogen) atoms. The molecule has 0 amide bonds. The van der Waals surface area contributed by atoms with Gasteiger partial charge in [-0.15, -0.1) is 0 Å². The summed E-state index contributed by atoms with van der Waals surface area (Å²) in [6.45, 7) is 12.1. The normalized spacial score (nSPS) is 23.2. The van der Waals surface area contributed by atoms with Crippen LogP contribution in [-0.2, 0) is 4.74 Å². The van der Waals surface area contributed by atoms with Crippen LogP contribution in [0.3, 0.4) is 0 Å². The monoisotopic (exact) mass is 263 g/mol. The molecule has 0 radical (unpaired) electrons. The highest BCUT2D eigenvalue weighted by atomic mass is 16.5. The number of nitrogens with zero attached hydrogens (tertiary/aromatic N) is 1. The van der Waals surface area contributed by atoms with Gasteiger partial charge >= 0.3 is 0 Å². The van der Waals surface area contributed by atoms with Crippen molar-refractivity contribution < 1.29 is 9.84 Å². The molecular formula is C16H25NO2. The van der Waals surface area contributed by atoms with Gasteiger partial charge in [-0.05, 0) is 52.3 Å². The molecule has 1 N–H and O–H groups in total. The van der Waals surface area contributed by atoms with Gasteiger partial charge in [0.15, 0.2) is 0 Å². The Morgan fingerprint density at radius 2 is 1.53 bits per heavy atom. The van der Waals surface area contributed by atoms with Crippen molar-refractivity contribution in [3.63, 3.8) is 0 Å². The van der Waals surface area contributed by atoms with E-state index in [9.17, 15) is 5.11 Å². The zero-order valence-electron chi connectivity index (χ0n) is 12.6. The Labute approximate surface area is 116 Å². The molecule has 0 aliphatic carbocycles. The molecule has 1 aromatic carbocycles. The molecule has 2 rings (SSSR count). The van der Waals surface area contributed by atoms with Crippen molar-refractivity contribution >= 4 is 5.69 Å². The summed E-state index contributed by atoms with van der Waals surface area (Å²) in [5.74, 6) is 0. The van der Waals surface area contributed by atoms with E-state index >= 15 is 0 Å². The second kappa shape index (κ2) is 4.80. The number of hydrogen-bond acceptors (Lipinski definition) is 3. The topological polar surface area (TPSA) is 32.7 Å². The van der Waals surface area contributed by atoms with Crippen LogP contribution < -0.4 is 4.90 Å². The standard InChI is InChI=1S/C16H25NO2/c1-12(18)13-6-8-14(9-7-13)17-10-15(2,3)19-16(4,5)11-17/h6-9,12,18H,10-11H2,1-5H3/t12-/m1/s1. The van der Waals surface area contributed by atoms with Crippen LogP contribution in [0.25, 0.3) is 0 Å². The molecule has 3 heteroatoms. The predicted molar refractivity (Wildman–Crippen MR) is 78.5 cm³/mol. The van der Waals surface area contributed by atoms with Crippen molar-refractivity contribution in [3.05, 3.63) is 29.8 Å². The molecule has 0 spiro atoms. The molecule has 1 aliphatic heterocycles. The Kier molecular flexibility index (Phi) is 3.63. The van der Waals surface area contributed by atoms with E-state index in [2.05, 4.69) is 44.7 Å². The summed E-state index contributed by atoms with van der Waals surface area (Å²) in [5, 5.41) is 9.56. The van der Waals surface area contributed by atoms with Crippen LogP contribution >= 0.6 is 0 Å². The third kappa shape index (κ3) is 3.48. The average Bonchev–Trinajstić information content (AvgIpc) is 2.25. The minimum Gasteiger partial charge on any atom is -0.389 e. The molecule has 106 valence electrons. The van der Waals surface area contributed by atoms with E-state index in [4.69, 9.17) is 4.74 Å². The number of rotatable bonds is 2. The number of morpholine rings is 1. The van der Waals surface area contributed by atoms with Crippen molar-refractivity contribution in [2.75, 3.05) is 18.0 Å². The van der Waals surface area contributed by atoms with E-state index in [1.807, 2.05) is 12.1 Å². The van der Waals surface area contributed by atoms with Gasteiger partial charge in [0.1, 0.15) is 0 Å². The summed E-state index contributed by atoms with van der Waals surface area (Å²) in [6, 6.07) is 8.16. The summed E-state index contributed by atoms with van der Waals surface area (Å²) in [4.78, 5) is 2.36. The average molecular weight is 263 g/mol. The molecule has 1 saturated heterocycles. The second-order valence-electron chi connectivity index (χ2n) is 6.75. The van der Waals surface area contributed by atoms with Gasteiger partial charge in [0.2, 0.25) is 0 Å². The van der Waals surface area contributed by atoms with Gasteiger partial charge in [0.25, 0.3) is 0 Å². The second-order valence-corrected chi connectivity index (χ2v) is 6.75. The Balaban J connectivity index is 2.21. The van der Waals surface area contributed by atoms with Gasteiger partial charge in [0.05, 0.1) is 17.3 Å². The van der Waals surface area contributed by atoms with Crippen LogP contribution in [0.5, 0.6) is 0 Å². The predicted octanol–water partition coefficient (Wildman–Crippen LogP) is 3.13. The van der Waals surface area contributed by atoms with Crippen LogP contribution in [0, 0.1) is 0 Å². The molecule has 1 atom stereocenters. The number of aliphatic hydroxyl groups is 1. The summed E-state index contributed by atoms with van der Waals surface area (Å²) in [5.41, 5.74) is 1.85. The lowest BCUT2D eigenvalue weighted by atomic mass is 9.98. The Hall–Kier alpha value is -1.06. The van der Waals surface area contributed by atoms with E-state index in [1.165, 1.54) is 5.69 Å². The summed E-state index contributed by atoms with van der Waals surface area (Å²) < 4.78 is 6.09. The molecule has 0 aromatic heterocycles. The van der Waals surface area contributed by atoms with Crippen LogP contribution in [0.1, 0.15) is 46.3 Å². The highest BCUT2D eigenvalue weighted by Crippen LogP contribution is 2.31. The first-order chi connectivity index (χ1) is 8.69. The van der Waals surface area contributed by atoms with Gasteiger partial charge in [0, 0.05) is 18.8 Å². The van der Waals surface area contributed by atoms with Gasteiger partial charge in [-0.1, -0.05) is 12.1 Å². The fraction of sp³-hybridized carbons (Fsp3) is 0.625. The first-order valence-electron chi connectivity index (χ1n) is 6.92. The van der Waals surface area contributed by atoms with Gasteiger partial charge in [-0.3, -0.25) is 0 Å². The maximum atomic E-state index is 9.56. The number of benzene rings is 1. The Morgan fingerprint density at radius 3 is 1.95 bits per heavy atom. The van der Waals surface area contributed by atoms with Crippen LogP contribution in [0.2, 0.25) is 0 Å². The number of ether oxygens (including phenoxy) is 1. The fourth-order valence-electron chi connectivity index (χ4n) is 2.93. The number of aliphatic hydroxyl groups excluding tert-OH is 1. The Morgan fingerprint density at radius 1 is 1.05 bits per heavy atom. The van der Waals surface area contributed by atoms with E-state index in [1.54, 1.807) is 6.92 Å². The SMILES string of the molecule is C[C@@H](O)c1ccc(N2CC(C)(C)OC(C)(C)C2)cc1. The molecule has 3 nitrogen and oxygen atoms in total. The van der Waals surface area contributed by atoms with E-state index < -0.39 is 6.10 Å². The molecule has 0 bridgehead atoms.